The van der Waals surface area contributed by atoms with Crippen LogP contribution in [0.25, 0.3) is 0 Å². The molecule has 2 aromatic rings. The van der Waals surface area contributed by atoms with Crippen molar-refractivity contribution in [3.05, 3.63) is 53.0 Å². The topological polar surface area (TPSA) is 88.8 Å². The molecule has 1 aromatic heterocycles. The number of carbonyl (C=O) groups excluding carboxylic acids is 1. The van der Waals surface area contributed by atoms with Crippen LogP contribution < -0.4 is 10.1 Å². The Labute approximate surface area is 146 Å². The number of hydrogen-bond acceptors (Lipinski definition) is 4. The monoisotopic (exact) mass is 371 g/mol. The summed E-state index contributed by atoms with van der Waals surface area (Å²) < 4.78 is 46.8. The van der Waals surface area contributed by atoms with Crippen molar-refractivity contribution in [3.8, 4) is 5.75 Å². The van der Waals surface area contributed by atoms with Gasteiger partial charge >= 0.3 is 12.1 Å². The van der Waals surface area contributed by atoms with Crippen molar-refractivity contribution in [3.63, 3.8) is 0 Å². The number of carboxylic acid groups (broad SMARTS) is 1. The summed E-state index contributed by atoms with van der Waals surface area (Å²) in [5.74, 6) is -1.73. The number of rotatable bonds is 7. The van der Waals surface area contributed by atoms with Gasteiger partial charge in [0.25, 0.3) is 5.91 Å². The standard InChI is InChI=1S/C17H16F3NO5/c1-10-8-25-13(6-14(22)23)15(10)16(24)21-7-11-4-2-3-5-12(11)26-9-17(18,19)20/h2-5,8H,6-7,9H2,1H3,(H,21,24)(H,22,23). The van der Waals surface area contributed by atoms with E-state index in [1.165, 1.54) is 24.5 Å². The molecule has 2 rings (SSSR count). The van der Waals surface area contributed by atoms with Crippen molar-refractivity contribution in [1.29, 1.82) is 0 Å². The predicted molar refractivity (Wildman–Crippen MR) is 83.9 cm³/mol. The number of ether oxygens (including phenoxy) is 1. The van der Waals surface area contributed by atoms with Gasteiger partial charge in [0.2, 0.25) is 0 Å². The number of halogens is 3. The molecule has 6 nitrogen and oxygen atoms in total. The quantitative estimate of drug-likeness (QED) is 0.781. The molecule has 0 fully saturated rings. The van der Waals surface area contributed by atoms with E-state index in [0.29, 0.717) is 11.1 Å². The lowest BCUT2D eigenvalue weighted by Crippen LogP contribution is -2.25. The molecule has 0 atom stereocenters. The zero-order chi connectivity index (χ0) is 19.3. The van der Waals surface area contributed by atoms with Gasteiger partial charge in [-0.15, -0.1) is 0 Å². The molecule has 9 heteroatoms. The van der Waals surface area contributed by atoms with Crippen molar-refractivity contribution in [2.75, 3.05) is 6.61 Å². The molecule has 2 N–H and O–H groups in total. The number of alkyl halides is 3. The summed E-state index contributed by atoms with van der Waals surface area (Å²) in [7, 11) is 0. The fourth-order valence-corrected chi connectivity index (χ4v) is 2.28. The minimum Gasteiger partial charge on any atom is -0.484 e. The van der Waals surface area contributed by atoms with Crippen molar-refractivity contribution in [2.45, 2.75) is 26.1 Å². The van der Waals surface area contributed by atoms with Crippen molar-refractivity contribution >= 4 is 11.9 Å². The first kappa shape index (κ1) is 19.4. The van der Waals surface area contributed by atoms with Crippen LogP contribution >= 0.6 is 0 Å². The van der Waals surface area contributed by atoms with E-state index in [9.17, 15) is 22.8 Å². The van der Waals surface area contributed by atoms with Crippen molar-refractivity contribution < 1.29 is 37.0 Å². The van der Waals surface area contributed by atoms with E-state index in [-0.39, 0.29) is 23.6 Å². The highest BCUT2D eigenvalue weighted by Crippen LogP contribution is 2.23. The summed E-state index contributed by atoms with van der Waals surface area (Å²) in [5, 5.41) is 11.4. The number of benzene rings is 1. The molecule has 1 amide bonds. The lowest BCUT2D eigenvalue weighted by molar-refractivity contribution is -0.153. The van der Waals surface area contributed by atoms with Crippen LogP contribution in [0.2, 0.25) is 0 Å². The summed E-state index contributed by atoms with van der Waals surface area (Å²) in [6.45, 7) is 0.0513. The van der Waals surface area contributed by atoms with Crippen LogP contribution in [0.1, 0.15) is 27.2 Å². The zero-order valence-corrected chi connectivity index (χ0v) is 13.7. The molecule has 0 saturated heterocycles. The number of nitrogens with one attached hydrogen (secondary N) is 1. The lowest BCUT2D eigenvalue weighted by atomic mass is 10.1. The van der Waals surface area contributed by atoms with Gasteiger partial charge in [-0.1, -0.05) is 18.2 Å². The third kappa shape index (κ3) is 5.27. The van der Waals surface area contributed by atoms with E-state index in [4.69, 9.17) is 14.3 Å². The molecule has 0 saturated carbocycles. The Hall–Kier alpha value is -2.97. The number of hydrogen-bond donors (Lipinski definition) is 2. The van der Waals surface area contributed by atoms with E-state index in [0.717, 1.165) is 0 Å². The van der Waals surface area contributed by atoms with Crippen molar-refractivity contribution in [1.82, 2.24) is 5.32 Å². The maximum atomic E-state index is 12.3. The minimum absolute atomic E-state index is 0.000185. The summed E-state index contributed by atoms with van der Waals surface area (Å²) >= 11 is 0. The van der Waals surface area contributed by atoms with Crippen LogP contribution in [0, 0.1) is 6.92 Å². The lowest BCUT2D eigenvalue weighted by Gasteiger charge is -2.13. The molecule has 0 aliphatic carbocycles. The zero-order valence-electron chi connectivity index (χ0n) is 13.7. The molecule has 0 radical (unpaired) electrons. The van der Waals surface area contributed by atoms with Gasteiger partial charge in [-0.25, -0.2) is 0 Å². The molecule has 0 aliphatic rings. The summed E-state index contributed by atoms with van der Waals surface area (Å²) in [4.78, 5) is 23.2. The van der Waals surface area contributed by atoms with Crippen LogP contribution in [0.4, 0.5) is 13.2 Å². The second-order valence-corrected chi connectivity index (χ2v) is 5.48. The average Bonchev–Trinajstić information content (AvgIpc) is 2.90. The first-order valence-corrected chi connectivity index (χ1v) is 7.52. The number of carboxylic acids is 1. The van der Waals surface area contributed by atoms with Gasteiger partial charge in [-0.2, -0.15) is 13.2 Å². The predicted octanol–water partition coefficient (Wildman–Crippen LogP) is 3.09. The smallest absolute Gasteiger partial charge is 0.422 e. The van der Waals surface area contributed by atoms with Gasteiger partial charge in [0, 0.05) is 17.7 Å². The van der Waals surface area contributed by atoms with Crippen LogP contribution in [0.3, 0.4) is 0 Å². The number of aryl methyl sites for hydroxylation is 1. The first-order chi connectivity index (χ1) is 12.2. The van der Waals surface area contributed by atoms with E-state index in [2.05, 4.69) is 5.32 Å². The van der Waals surface area contributed by atoms with Crippen LogP contribution in [0.15, 0.2) is 34.9 Å². The molecule has 0 bridgehead atoms. The molecule has 0 unspecified atom stereocenters. The number of para-hydroxylation sites is 1. The van der Waals surface area contributed by atoms with Gasteiger partial charge in [0.05, 0.1) is 11.8 Å². The van der Waals surface area contributed by atoms with E-state index in [1.54, 1.807) is 13.0 Å². The van der Waals surface area contributed by atoms with E-state index < -0.39 is 31.1 Å². The Balaban J connectivity index is 2.09. The van der Waals surface area contributed by atoms with Gasteiger partial charge in [-0.3, -0.25) is 9.59 Å². The maximum Gasteiger partial charge on any atom is 0.422 e. The second-order valence-electron chi connectivity index (χ2n) is 5.48. The molecule has 26 heavy (non-hydrogen) atoms. The van der Waals surface area contributed by atoms with Crippen LogP contribution in [0.5, 0.6) is 5.75 Å². The molecule has 140 valence electrons. The molecule has 0 aliphatic heterocycles. The Bertz CT molecular complexity index is 798. The van der Waals surface area contributed by atoms with Crippen molar-refractivity contribution in [2.24, 2.45) is 0 Å². The number of amides is 1. The summed E-state index contributed by atoms with van der Waals surface area (Å²) in [6, 6.07) is 6.00. The first-order valence-electron chi connectivity index (χ1n) is 7.52. The molecular weight excluding hydrogens is 355 g/mol. The Morgan fingerprint density at radius 3 is 2.62 bits per heavy atom. The highest BCUT2D eigenvalue weighted by atomic mass is 19.4. The third-order valence-electron chi connectivity index (χ3n) is 3.39. The second kappa shape index (κ2) is 7.94. The average molecular weight is 371 g/mol. The van der Waals surface area contributed by atoms with Gasteiger partial charge in [0.1, 0.15) is 17.9 Å². The Kier molecular flexibility index (Phi) is 5.91. The van der Waals surface area contributed by atoms with Crippen LogP contribution in [-0.2, 0) is 17.8 Å². The third-order valence-corrected chi connectivity index (χ3v) is 3.39. The largest absolute Gasteiger partial charge is 0.484 e. The van der Waals surface area contributed by atoms with Gasteiger partial charge in [0.15, 0.2) is 6.61 Å². The van der Waals surface area contributed by atoms with Crippen LogP contribution in [-0.4, -0.2) is 29.8 Å². The summed E-state index contributed by atoms with van der Waals surface area (Å²) in [5.41, 5.74) is 0.910. The van der Waals surface area contributed by atoms with E-state index >= 15 is 0 Å². The summed E-state index contributed by atoms with van der Waals surface area (Å²) in [6.07, 6.45) is -3.66. The highest BCUT2D eigenvalue weighted by molar-refractivity contribution is 5.97. The molecule has 0 spiro atoms. The Morgan fingerprint density at radius 1 is 1.27 bits per heavy atom. The molecule has 1 aromatic carbocycles. The fraction of sp³-hybridized carbons (Fsp3) is 0.294. The number of aliphatic carboxylic acids is 1. The normalized spacial score (nSPS) is 11.2. The number of carbonyl (C=O) groups is 2. The number of furan rings is 1. The SMILES string of the molecule is Cc1coc(CC(=O)O)c1C(=O)NCc1ccccc1OCC(F)(F)F. The van der Waals surface area contributed by atoms with E-state index in [1.807, 2.05) is 0 Å². The fourth-order valence-electron chi connectivity index (χ4n) is 2.28. The molecule has 1 heterocycles. The van der Waals surface area contributed by atoms with Gasteiger partial charge < -0.3 is 19.6 Å². The maximum absolute atomic E-state index is 12.3. The van der Waals surface area contributed by atoms with Gasteiger partial charge in [-0.05, 0) is 13.0 Å². The molecular formula is C17H16F3NO5. The highest BCUT2D eigenvalue weighted by Gasteiger charge is 2.29. The minimum atomic E-state index is -4.48. The Morgan fingerprint density at radius 2 is 1.96 bits per heavy atom.